The topological polar surface area (TPSA) is 215 Å². The fourth-order valence-electron chi connectivity index (χ4n) is 6.28. The largest absolute Gasteiger partial charge is 0.441 e. The summed E-state index contributed by atoms with van der Waals surface area (Å²) in [5.41, 5.74) is 3.30. The monoisotopic (exact) mass is 640 g/mol. The van der Waals surface area contributed by atoms with E-state index < -0.39 is 67.3 Å². The van der Waals surface area contributed by atoms with Crippen LogP contribution in [0.3, 0.4) is 0 Å². The molecule has 3 aromatic carbocycles. The molecule has 2 aliphatic rings. The first-order valence-corrected chi connectivity index (χ1v) is 14.8. The van der Waals surface area contributed by atoms with Gasteiger partial charge >= 0.3 is 5.97 Å². The van der Waals surface area contributed by atoms with E-state index in [1.165, 1.54) is 30.8 Å². The van der Waals surface area contributed by atoms with Crippen LogP contribution < -0.4 is 9.80 Å². The number of esters is 1. The Labute approximate surface area is 265 Å². The Morgan fingerprint density at radius 1 is 0.717 bits per heavy atom. The van der Waals surface area contributed by atoms with Gasteiger partial charge in [-0.1, -0.05) is 30.3 Å². The second-order valence-electron chi connectivity index (χ2n) is 12.0. The highest BCUT2D eigenvalue weighted by Gasteiger charge is 2.52. The molecule has 46 heavy (non-hydrogen) atoms. The SMILES string of the molecule is CC(O)C(O)C(O)C(O)N(C)c1ccc2c(c1)Cc1cc(N(C)C(O)C(O)C(O)C(O)CO)ccc1C21OC(=O)c2ccccc21. The van der Waals surface area contributed by atoms with Crippen molar-refractivity contribution in [1.82, 2.24) is 0 Å². The Morgan fingerprint density at radius 2 is 1.22 bits per heavy atom. The quantitative estimate of drug-likeness (QED) is 0.0885. The van der Waals surface area contributed by atoms with Gasteiger partial charge in [-0.25, -0.2) is 4.79 Å². The second-order valence-corrected chi connectivity index (χ2v) is 12.0. The van der Waals surface area contributed by atoms with Crippen molar-refractivity contribution in [2.24, 2.45) is 0 Å². The Morgan fingerprint density at radius 3 is 1.72 bits per heavy atom. The summed E-state index contributed by atoms with van der Waals surface area (Å²) >= 11 is 0. The van der Waals surface area contributed by atoms with E-state index in [1.54, 1.807) is 54.6 Å². The third kappa shape index (κ3) is 5.53. The third-order valence-corrected chi connectivity index (χ3v) is 9.08. The lowest BCUT2D eigenvalue weighted by Gasteiger charge is -2.39. The summed E-state index contributed by atoms with van der Waals surface area (Å²) in [6.45, 7) is 0.479. The molecule has 9 N–H and O–H groups in total. The van der Waals surface area contributed by atoms with Gasteiger partial charge in [0.05, 0.1) is 18.3 Å². The highest BCUT2D eigenvalue weighted by Crippen LogP contribution is 2.53. The van der Waals surface area contributed by atoms with Crippen molar-refractivity contribution < 1.29 is 55.5 Å². The molecule has 1 aliphatic carbocycles. The summed E-state index contributed by atoms with van der Waals surface area (Å²) in [7, 11) is 3.00. The van der Waals surface area contributed by atoms with Crippen molar-refractivity contribution in [2.75, 3.05) is 30.5 Å². The maximum Gasteiger partial charge on any atom is 0.340 e. The molecule has 13 heteroatoms. The minimum atomic E-state index is -1.83. The number of benzene rings is 3. The molecule has 13 nitrogen and oxygen atoms in total. The lowest BCUT2D eigenvalue weighted by atomic mass is 9.71. The van der Waals surface area contributed by atoms with E-state index in [2.05, 4.69) is 0 Å². The molecule has 248 valence electrons. The van der Waals surface area contributed by atoms with Crippen LogP contribution >= 0.6 is 0 Å². The van der Waals surface area contributed by atoms with Gasteiger partial charge in [0, 0.05) is 42.2 Å². The van der Waals surface area contributed by atoms with Crippen LogP contribution in [0.2, 0.25) is 0 Å². The second kappa shape index (κ2) is 12.9. The van der Waals surface area contributed by atoms with E-state index in [0.29, 0.717) is 51.2 Å². The number of likely N-dealkylation sites (N-methyl/N-ethyl adjacent to an activating group) is 2. The van der Waals surface area contributed by atoms with Crippen molar-refractivity contribution >= 4 is 17.3 Å². The number of ether oxygens (including phenoxy) is 1. The standard InChI is InChI=1S/C33H40N2O11/c1-16(37)26(39)28(41)30(43)34(2)19-8-10-22-17(13-19)12-18-14-20(35(3)31(44)29(42)27(40)25(38)15-36)9-11-23(18)33(22)24-7-5-4-6-21(24)32(45)46-33/h4-11,13-14,16,25-31,36-44H,12,15H2,1-3H3. The van der Waals surface area contributed by atoms with Crippen LogP contribution in [0.5, 0.6) is 0 Å². The van der Waals surface area contributed by atoms with Crippen molar-refractivity contribution in [2.45, 2.75) is 68.0 Å². The number of hydrogen-bond donors (Lipinski definition) is 9. The van der Waals surface area contributed by atoms with Gasteiger partial charge in [-0.15, -0.1) is 0 Å². The number of fused-ring (bicyclic) bond motifs is 6. The summed E-state index contributed by atoms with van der Waals surface area (Å²) in [5.74, 6) is -0.516. The average Bonchev–Trinajstić information content (AvgIpc) is 3.36. The Kier molecular flexibility index (Phi) is 9.44. The van der Waals surface area contributed by atoms with Crippen LogP contribution in [-0.4, -0.2) is 122 Å². The lowest BCUT2D eigenvalue weighted by Crippen LogP contribution is -2.52. The smallest absolute Gasteiger partial charge is 0.340 e. The van der Waals surface area contributed by atoms with E-state index in [-0.39, 0.29) is 0 Å². The zero-order valence-electron chi connectivity index (χ0n) is 25.5. The Balaban J connectivity index is 1.58. The number of rotatable bonds is 11. The van der Waals surface area contributed by atoms with E-state index in [1.807, 2.05) is 6.07 Å². The molecule has 0 saturated carbocycles. The van der Waals surface area contributed by atoms with E-state index in [0.717, 1.165) is 0 Å². The summed E-state index contributed by atoms with van der Waals surface area (Å²) < 4.78 is 6.22. The van der Waals surface area contributed by atoms with Crippen LogP contribution in [0.1, 0.15) is 45.1 Å². The van der Waals surface area contributed by atoms with Gasteiger partial charge in [0.1, 0.15) is 30.5 Å². The summed E-state index contributed by atoms with van der Waals surface area (Å²) in [5, 5.41) is 91.5. The molecule has 1 aliphatic heterocycles. The first kappa shape index (κ1) is 33.7. The molecule has 0 amide bonds. The molecule has 0 radical (unpaired) electrons. The van der Waals surface area contributed by atoms with Crippen LogP contribution in [0, 0.1) is 0 Å². The van der Waals surface area contributed by atoms with Gasteiger partial charge in [-0.3, -0.25) is 0 Å². The molecular formula is C33H40N2O11. The molecule has 0 saturated heterocycles. The predicted molar refractivity (Wildman–Crippen MR) is 165 cm³/mol. The van der Waals surface area contributed by atoms with Crippen LogP contribution in [0.15, 0.2) is 60.7 Å². The van der Waals surface area contributed by atoms with Crippen LogP contribution in [0.25, 0.3) is 0 Å². The van der Waals surface area contributed by atoms with Crippen molar-refractivity contribution in [3.63, 3.8) is 0 Å². The van der Waals surface area contributed by atoms with Gasteiger partial charge in [0.25, 0.3) is 0 Å². The van der Waals surface area contributed by atoms with E-state index in [9.17, 15) is 45.6 Å². The fourth-order valence-corrected chi connectivity index (χ4v) is 6.28. The van der Waals surface area contributed by atoms with E-state index in [4.69, 9.17) is 9.84 Å². The number of nitrogens with zero attached hydrogens (tertiary/aromatic N) is 2. The van der Waals surface area contributed by atoms with Gasteiger partial charge in [0.15, 0.2) is 18.1 Å². The van der Waals surface area contributed by atoms with Crippen LogP contribution in [0.4, 0.5) is 11.4 Å². The van der Waals surface area contributed by atoms with Gasteiger partial charge in [-0.2, -0.15) is 0 Å². The first-order valence-electron chi connectivity index (χ1n) is 14.8. The molecule has 1 heterocycles. The Hall–Kier alpha value is -3.63. The van der Waals surface area contributed by atoms with Gasteiger partial charge in [0.2, 0.25) is 0 Å². The molecule has 9 atom stereocenters. The summed E-state index contributed by atoms with van der Waals surface area (Å²) in [6, 6.07) is 17.4. The fraction of sp³-hybridized carbons (Fsp3) is 0.424. The number of aliphatic hydroxyl groups excluding tert-OH is 9. The molecule has 9 unspecified atom stereocenters. The number of anilines is 2. The number of aliphatic hydroxyl groups is 9. The van der Waals surface area contributed by atoms with Gasteiger partial charge < -0.3 is 60.5 Å². The first-order chi connectivity index (χ1) is 21.7. The van der Waals surface area contributed by atoms with Crippen molar-refractivity contribution in [3.8, 4) is 0 Å². The van der Waals surface area contributed by atoms with E-state index >= 15 is 0 Å². The number of hydrogen-bond acceptors (Lipinski definition) is 13. The third-order valence-electron chi connectivity index (χ3n) is 9.08. The normalized spacial score (nSPS) is 22.0. The maximum atomic E-state index is 13.2. The molecule has 0 bridgehead atoms. The highest BCUT2D eigenvalue weighted by molar-refractivity contribution is 5.96. The van der Waals surface area contributed by atoms with Crippen molar-refractivity contribution in [3.05, 3.63) is 94.0 Å². The molecule has 3 aromatic rings. The summed E-state index contributed by atoms with van der Waals surface area (Å²) in [4.78, 5) is 15.9. The zero-order chi connectivity index (χ0) is 33.7. The Bertz CT molecular complexity index is 1580. The molecule has 0 aromatic heterocycles. The predicted octanol–water partition coefficient (Wildman–Crippen LogP) is -1.26. The molecular weight excluding hydrogens is 600 g/mol. The number of carbonyl (C=O) groups excluding carboxylic acids is 1. The van der Waals surface area contributed by atoms with Gasteiger partial charge in [-0.05, 0) is 54.8 Å². The highest BCUT2D eigenvalue weighted by atomic mass is 16.6. The van der Waals surface area contributed by atoms with Crippen LogP contribution in [-0.2, 0) is 16.8 Å². The minimum absolute atomic E-state index is 0.301. The average molecular weight is 641 g/mol. The minimum Gasteiger partial charge on any atom is -0.441 e. The molecule has 0 fully saturated rings. The summed E-state index contributed by atoms with van der Waals surface area (Å²) in [6.07, 6.45) is -12.8. The molecule has 1 spiro atoms. The van der Waals surface area contributed by atoms with Crippen molar-refractivity contribution in [1.29, 1.82) is 0 Å². The lowest BCUT2D eigenvalue weighted by molar-refractivity contribution is -0.114. The number of carbonyl (C=O) groups is 1. The molecule has 5 rings (SSSR count). The zero-order valence-corrected chi connectivity index (χ0v) is 25.5. The maximum absolute atomic E-state index is 13.2.